The van der Waals surface area contributed by atoms with Crippen LogP contribution >= 0.6 is 23.5 Å². The van der Waals surface area contributed by atoms with Crippen LogP contribution in [0, 0.1) is 0 Å². The van der Waals surface area contributed by atoms with Gasteiger partial charge in [0.25, 0.3) is 0 Å². The topological polar surface area (TPSA) is 80.9 Å². The molecule has 3 unspecified atom stereocenters. The second-order valence-corrected chi connectivity index (χ2v) is 10.2. The molecule has 4 aromatic carbocycles. The van der Waals surface area contributed by atoms with E-state index in [1.54, 1.807) is 23.9 Å². The second kappa shape index (κ2) is 11.9. The Hall–Kier alpha value is -2.58. The summed E-state index contributed by atoms with van der Waals surface area (Å²) in [5.41, 5.74) is 4.24. The van der Waals surface area contributed by atoms with Crippen LogP contribution in [-0.2, 0) is 0 Å². The molecule has 4 rings (SSSR count). The summed E-state index contributed by atoms with van der Waals surface area (Å²) in [6.45, 7) is -0.321. The predicted octanol–water partition coefficient (Wildman–Crippen LogP) is 5.91. The second-order valence-electron chi connectivity index (χ2n) is 8.16. The monoisotopic (exact) mass is 504 g/mol. The third-order valence-corrected chi connectivity index (χ3v) is 7.54. The van der Waals surface area contributed by atoms with Gasteiger partial charge in [0.05, 0.1) is 6.61 Å². The van der Waals surface area contributed by atoms with E-state index in [1.165, 1.54) is 16.7 Å². The van der Waals surface area contributed by atoms with Gasteiger partial charge in [0.2, 0.25) is 0 Å². The number of rotatable bonds is 9. The molecule has 3 atom stereocenters. The van der Waals surface area contributed by atoms with Gasteiger partial charge in [0, 0.05) is 9.79 Å². The molecule has 0 amide bonds. The molecular formula is C29H28O4S2. The highest BCUT2D eigenvalue weighted by Gasteiger charge is 2.20. The molecule has 0 saturated carbocycles. The van der Waals surface area contributed by atoms with Gasteiger partial charge in [-0.2, -0.15) is 0 Å². The Labute approximate surface area is 214 Å². The van der Waals surface area contributed by atoms with Crippen molar-refractivity contribution in [2.45, 2.75) is 27.4 Å². The van der Waals surface area contributed by atoms with E-state index >= 15 is 0 Å². The van der Waals surface area contributed by atoms with Crippen LogP contribution in [0.4, 0.5) is 0 Å². The van der Waals surface area contributed by atoms with E-state index in [9.17, 15) is 15.3 Å². The van der Waals surface area contributed by atoms with Crippen LogP contribution in [0.15, 0.2) is 107 Å². The van der Waals surface area contributed by atoms with Crippen molar-refractivity contribution in [3.63, 3.8) is 0 Å². The van der Waals surface area contributed by atoms with Crippen LogP contribution in [0.3, 0.4) is 0 Å². The molecule has 0 aliphatic rings. The summed E-state index contributed by atoms with van der Waals surface area (Å²) < 4.78 is 0. The Bertz CT molecular complexity index is 1260. The predicted molar refractivity (Wildman–Crippen MR) is 144 cm³/mol. The van der Waals surface area contributed by atoms with Gasteiger partial charge in [-0.15, -0.1) is 11.8 Å². The maximum Gasteiger partial charge on any atom is 0.134 e. The van der Waals surface area contributed by atoms with Crippen LogP contribution < -0.4 is 0 Å². The highest BCUT2D eigenvalue weighted by Crippen LogP contribution is 2.34. The van der Waals surface area contributed by atoms with Crippen molar-refractivity contribution in [1.29, 1.82) is 0 Å². The van der Waals surface area contributed by atoms with Crippen molar-refractivity contribution in [2.24, 2.45) is 0 Å². The minimum atomic E-state index is -1.05. The third-order valence-electron chi connectivity index (χ3n) is 5.79. The van der Waals surface area contributed by atoms with Crippen molar-refractivity contribution in [1.82, 2.24) is 0 Å². The number of hydrogen-bond acceptors (Lipinski definition) is 6. The highest BCUT2D eigenvalue weighted by atomic mass is 32.2. The van der Waals surface area contributed by atoms with E-state index in [-0.39, 0.29) is 6.61 Å². The van der Waals surface area contributed by atoms with Crippen LogP contribution in [0.1, 0.15) is 23.3 Å². The smallest absolute Gasteiger partial charge is 0.134 e. The van der Waals surface area contributed by atoms with E-state index < -0.39 is 17.6 Å². The Morgan fingerprint density at radius 1 is 0.629 bits per heavy atom. The summed E-state index contributed by atoms with van der Waals surface area (Å²) in [7, 11) is 0. The molecule has 0 spiro atoms. The number of thioether (sulfide) groups is 2. The van der Waals surface area contributed by atoms with E-state index in [2.05, 4.69) is 12.1 Å². The standard InChI is InChI=1S/C29H28O4S2/c1-34-25-9-3-7-23(16-25)21-5-2-8-24(15-21)28(32)29(33)35-26-10-4-6-22(17-26)19-11-13-20(14-12-19)27(31)18-30/h2-17,27-33H,18H2,1H3. The van der Waals surface area contributed by atoms with Gasteiger partial charge in [-0.3, -0.25) is 0 Å². The third kappa shape index (κ3) is 6.35. The lowest BCUT2D eigenvalue weighted by Crippen LogP contribution is -2.14. The van der Waals surface area contributed by atoms with E-state index in [0.717, 1.165) is 27.1 Å². The van der Waals surface area contributed by atoms with Crippen molar-refractivity contribution in [3.8, 4) is 22.3 Å². The first-order valence-corrected chi connectivity index (χ1v) is 13.4. The van der Waals surface area contributed by atoms with Crippen molar-refractivity contribution in [2.75, 3.05) is 12.9 Å². The molecule has 6 heteroatoms. The number of aliphatic hydroxyl groups excluding tert-OH is 4. The highest BCUT2D eigenvalue weighted by molar-refractivity contribution is 7.99. The molecule has 0 radical (unpaired) electrons. The summed E-state index contributed by atoms with van der Waals surface area (Å²) in [4.78, 5) is 2.00. The average molecular weight is 505 g/mol. The largest absolute Gasteiger partial charge is 0.393 e. The lowest BCUT2D eigenvalue weighted by Gasteiger charge is -2.19. The zero-order valence-electron chi connectivity index (χ0n) is 19.3. The molecule has 0 saturated heterocycles. The molecule has 0 heterocycles. The minimum Gasteiger partial charge on any atom is -0.393 e. The van der Waals surface area contributed by atoms with Gasteiger partial charge >= 0.3 is 0 Å². The number of hydrogen-bond donors (Lipinski definition) is 4. The molecule has 0 aliphatic heterocycles. The fourth-order valence-electron chi connectivity index (χ4n) is 3.83. The van der Waals surface area contributed by atoms with Gasteiger partial charge in [0.15, 0.2) is 0 Å². The Kier molecular flexibility index (Phi) is 8.68. The first-order chi connectivity index (χ1) is 17.0. The number of aliphatic hydroxyl groups is 4. The maximum absolute atomic E-state index is 10.9. The molecule has 4 N–H and O–H groups in total. The molecule has 4 nitrogen and oxygen atoms in total. The van der Waals surface area contributed by atoms with Crippen LogP contribution in [0.2, 0.25) is 0 Å². The van der Waals surface area contributed by atoms with Crippen LogP contribution in [-0.4, -0.2) is 38.7 Å². The van der Waals surface area contributed by atoms with Crippen molar-refractivity contribution < 1.29 is 20.4 Å². The van der Waals surface area contributed by atoms with Crippen molar-refractivity contribution in [3.05, 3.63) is 108 Å². The number of benzene rings is 4. The summed E-state index contributed by atoms with van der Waals surface area (Å²) in [5.74, 6) is 0. The molecule has 180 valence electrons. The normalized spacial score (nSPS) is 13.9. The molecule has 0 aliphatic carbocycles. The summed E-state index contributed by atoms with van der Waals surface area (Å²) in [6.07, 6.45) is 0.0978. The minimum absolute atomic E-state index is 0.321. The lowest BCUT2D eigenvalue weighted by molar-refractivity contribution is 0.0734. The Balaban J connectivity index is 1.49. The summed E-state index contributed by atoms with van der Waals surface area (Å²) in [5, 5.41) is 40.6. The van der Waals surface area contributed by atoms with E-state index in [0.29, 0.717) is 11.1 Å². The van der Waals surface area contributed by atoms with Gasteiger partial charge in [-0.25, -0.2) is 0 Å². The first kappa shape index (κ1) is 25.5. The van der Waals surface area contributed by atoms with Gasteiger partial charge in [-0.1, -0.05) is 78.5 Å². The van der Waals surface area contributed by atoms with Gasteiger partial charge in [0.1, 0.15) is 17.6 Å². The van der Waals surface area contributed by atoms with E-state index in [1.807, 2.05) is 79.1 Å². The molecule has 35 heavy (non-hydrogen) atoms. The zero-order chi connectivity index (χ0) is 24.8. The first-order valence-electron chi connectivity index (χ1n) is 11.2. The molecular weight excluding hydrogens is 476 g/mol. The van der Waals surface area contributed by atoms with Crippen molar-refractivity contribution >= 4 is 23.5 Å². The Morgan fingerprint density at radius 3 is 1.86 bits per heavy atom. The average Bonchev–Trinajstić information content (AvgIpc) is 2.92. The van der Waals surface area contributed by atoms with E-state index in [4.69, 9.17) is 5.11 Å². The van der Waals surface area contributed by atoms with Gasteiger partial charge in [-0.05, 0) is 70.0 Å². The summed E-state index contributed by atoms with van der Waals surface area (Å²) >= 11 is 2.89. The van der Waals surface area contributed by atoms with Crippen LogP contribution in [0.25, 0.3) is 22.3 Å². The fourth-order valence-corrected chi connectivity index (χ4v) is 5.20. The zero-order valence-corrected chi connectivity index (χ0v) is 20.9. The quantitative estimate of drug-likeness (QED) is 0.168. The summed E-state index contributed by atoms with van der Waals surface area (Å²) in [6, 6.07) is 31.0. The molecule has 0 aromatic heterocycles. The van der Waals surface area contributed by atoms with Crippen LogP contribution in [0.5, 0.6) is 0 Å². The fraction of sp³-hybridized carbons (Fsp3) is 0.172. The SMILES string of the molecule is CSc1cccc(-c2cccc(C(O)C(O)Sc3cccc(-c4ccc(C(O)CO)cc4)c3)c2)c1. The molecule has 4 aromatic rings. The Morgan fingerprint density at radius 2 is 1.20 bits per heavy atom. The lowest BCUT2D eigenvalue weighted by atomic mass is 10.0. The molecule has 0 fully saturated rings. The molecule has 0 bridgehead atoms. The van der Waals surface area contributed by atoms with Gasteiger partial charge < -0.3 is 20.4 Å². The maximum atomic E-state index is 10.9.